The van der Waals surface area contributed by atoms with Crippen molar-refractivity contribution in [1.82, 2.24) is 10.3 Å². The predicted molar refractivity (Wildman–Crippen MR) is 77.0 cm³/mol. The highest BCUT2D eigenvalue weighted by Gasteiger charge is 2.14. The van der Waals surface area contributed by atoms with Crippen LogP contribution in [0, 0.1) is 5.92 Å². The monoisotopic (exact) mass is 262 g/mol. The van der Waals surface area contributed by atoms with E-state index in [2.05, 4.69) is 22.6 Å². The molecule has 0 radical (unpaired) electrons. The second-order valence-corrected chi connectivity index (χ2v) is 5.72. The summed E-state index contributed by atoms with van der Waals surface area (Å²) in [4.78, 5) is 3.28. The molecule has 0 unspecified atom stereocenters. The normalized spacial score (nSPS) is 16.7. The molecule has 1 heterocycles. The zero-order valence-electron chi connectivity index (χ0n) is 10.5. The van der Waals surface area contributed by atoms with Crippen molar-refractivity contribution in [3.8, 4) is 0 Å². The summed E-state index contributed by atoms with van der Waals surface area (Å²) in [7, 11) is 0. The minimum Gasteiger partial charge on any atom is -0.361 e. The fraction of sp³-hybridized carbons (Fsp3) is 0.467. The third-order valence-corrected chi connectivity index (χ3v) is 4.19. The van der Waals surface area contributed by atoms with E-state index in [1.807, 2.05) is 12.1 Å². The van der Waals surface area contributed by atoms with E-state index in [1.165, 1.54) is 36.6 Å². The molecule has 18 heavy (non-hydrogen) atoms. The first-order chi connectivity index (χ1) is 8.83. The van der Waals surface area contributed by atoms with Gasteiger partial charge in [0.2, 0.25) is 0 Å². The molecule has 96 valence electrons. The van der Waals surface area contributed by atoms with Crippen LogP contribution < -0.4 is 5.32 Å². The van der Waals surface area contributed by atoms with Gasteiger partial charge in [0, 0.05) is 28.7 Å². The van der Waals surface area contributed by atoms with Gasteiger partial charge in [-0.15, -0.1) is 0 Å². The Kier molecular flexibility index (Phi) is 3.57. The van der Waals surface area contributed by atoms with Crippen LogP contribution in [0.15, 0.2) is 24.4 Å². The Morgan fingerprint density at radius 3 is 2.94 bits per heavy atom. The van der Waals surface area contributed by atoms with Gasteiger partial charge in [-0.05, 0) is 43.0 Å². The number of rotatable bonds is 4. The van der Waals surface area contributed by atoms with Crippen LogP contribution in [0.4, 0.5) is 0 Å². The summed E-state index contributed by atoms with van der Waals surface area (Å²) in [6.45, 7) is 2.10. The summed E-state index contributed by atoms with van der Waals surface area (Å²) >= 11 is 5.98. The number of aromatic nitrogens is 1. The van der Waals surface area contributed by atoms with E-state index >= 15 is 0 Å². The average molecular weight is 263 g/mol. The van der Waals surface area contributed by atoms with Crippen LogP contribution in [0.5, 0.6) is 0 Å². The standard InChI is InChI=1S/C15H19ClN2/c16-13-5-6-14-12(10-18-15(14)7-13)9-17-8-11-3-1-2-4-11/h5-7,10-11,17-18H,1-4,8-9H2. The molecule has 1 aromatic carbocycles. The third-order valence-electron chi connectivity index (χ3n) is 3.95. The van der Waals surface area contributed by atoms with Gasteiger partial charge in [0.1, 0.15) is 0 Å². The van der Waals surface area contributed by atoms with Crippen LogP contribution in [-0.4, -0.2) is 11.5 Å². The van der Waals surface area contributed by atoms with Crippen molar-refractivity contribution >= 4 is 22.5 Å². The highest BCUT2D eigenvalue weighted by atomic mass is 35.5. The zero-order valence-corrected chi connectivity index (χ0v) is 11.3. The van der Waals surface area contributed by atoms with Gasteiger partial charge < -0.3 is 10.3 Å². The van der Waals surface area contributed by atoms with Crippen molar-refractivity contribution in [3.05, 3.63) is 35.0 Å². The van der Waals surface area contributed by atoms with Gasteiger partial charge in [0.15, 0.2) is 0 Å². The van der Waals surface area contributed by atoms with Crippen LogP contribution in [0.2, 0.25) is 5.02 Å². The Hall–Kier alpha value is -0.990. The van der Waals surface area contributed by atoms with Crippen molar-refractivity contribution in [2.75, 3.05) is 6.54 Å². The predicted octanol–water partition coefficient (Wildman–Crippen LogP) is 4.10. The first-order valence-corrected chi connectivity index (χ1v) is 7.17. The van der Waals surface area contributed by atoms with Gasteiger partial charge in [-0.3, -0.25) is 0 Å². The summed E-state index contributed by atoms with van der Waals surface area (Å²) in [6, 6.07) is 6.04. The van der Waals surface area contributed by atoms with Crippen molar-refractivity contribution in [1.29, 1.82) is 0 Å². The lowest BCUT2D eigenvalue weighted by atomic mass is 10.1. The van der Waals surface area contributed by atoms with Gasteiger partial charge in [0.25, 0.3) is 0 Å². The Balaban J connectivity index is 1.63. The van der Waals surface area contributed by atoms with Gasteiger partial charge in [-0.2, -0.15) is 0 Å². The summed E-state index contributed by atoms with van der Waals surface area (Å²) in [6.07, 6.45) is 7.71. The second-order valence-electron chi connectivity index (χ2n) is 5.29. The molecule has 1 aromatic heterocycles. The lowest BCUT2D eigenvalue weighted by molar-refractivity contribution is 0.490. The van der Waals surface area contributed by atoms with E-state index < -0.39 is 0 Å². The molecule has 0 aliphatic heterocycles. The first-order valence-electron chi connectivity index (χ1n) is 6.79. The molecule has 0 amide bonds. The number of H-pyrrole nitrogens is 1. The van der Waals surface area contributed by atoms with E-state index in [1.54, 1.807) is 0 Å². The molecule has 3 heteroatoms. The molecule has 0 saturated heterocycles. The largest absolute Gasteiger partial charge is 0.361 e. The maximum Gasteiger partial charge on any atom is 0.0472 e. The van der Waals surface area contributed by atoms with Gasteiger partial charge in [0.05, 0.1) is 0 Å². The topological polar surface area (TPSA) is 27.8 Å². The van der Waals surface area contributed by atoms with Crippen molar-refractivity contribution < 1.29 is 0 Å². The van der Waals surface area contributed by atoms with Crippen molar-refractivity contribution in [2.45, 2.75) is 32.2 Å². The third kappa shape index (κ3) is 2.55. The highest BCUT2D eigenvalue weighted by molar-refractivity contribution is 6.31. The van der Waals surface area contributed by atoms with Crippen molar-refractivity contribution in [3.63, 3.8) is 0 Å². The van der Waals surface area contributed by atoms with Crippen LogP contribution >= 0.6 is 11.6 Å². The Morgan fingerprint density at radius 1 is 1.28 bits per heavy atom. The highest BCUT2D eigenvalue weighted by Crippen LogP contribution is 2.24. The first kappa shape index (κ1) is 12.1. The fourth-order valence-corrected chi connectivity index (χ4v) is 3.10. The Bertz CT molecular complexity index is 526. The molecule has 0 atom stereocenters. The summed E-state index contributed by atoms with van der Waals surface area (Å²) in [5.74, 6) is 0.893. The number of benzene rings is 1. The Morgan fingerprint density at radius 2 is 2.11 bits per heavy atom. The molecule has 1 saturated carbocycles. The molecule has 3 rings (SSSR count). The van der Waals surface area contributed by atoms with E-state index in [0.717, 1.165) is 29.5 Å². The molecule has 0 spiro atoms. The molecule has 1 aliphatic rings. The molecular weight excluding hydrogens is 244 g/mol. The van der Waals surface area contributed by atoms with Crippen molar-refractivity contribution in [2.24, 2.45) is 5.92 Å². The van der Waals surface area contributed by atoms with E-state index in [9.17, 15) is 0 Å². The van der Waals surface area contributed by atoms with E-state index in [0.29, 0.717) is 0 Å². The number of aromatic amines is 1. The maximum absolute atomic E-state index is 5.98. The summed E-state index contributed by atoms with van der Waals surface area (Å²) in [5.41, 5.74) is 2.46. The van der Waals surface area contributed by atoms with Crippen LogP contribution in [0.3, 0.4) is 0 Å². The second kappa shape index (κ2) is 5.33. The summed E-state index contributed by atoms with van der Waals surface area (Å²) < 4.78 is 0. The van der Waals surface area contributed by atoms with Gasteiger partial charge in [-0.25, -0.2) is 0 Å². The SMILES string of the molecule is Clc1ccc2c(CNCC3CCCC3)c[nH]c2c1. The van der Waals surface area contributed by atoms with Gasteiger partial charge in [-0.1, -0.05) is 30.5 Å². The Labute approximate surface area is 113 Å². The minimum absolute atomic E-state index is 0.787. The smallest absolute Gasteiger partial charge is 0.0472 e. The quantitative estimate of drug-likeness (QED) is 0.853. The lowest BCUT2D eigenvalue weighted by Gasteiger charge is -2.09. The zero-order chi connectivity index (χ0) is 12.4. The minimum atomic E-state index is 0.787. The fourth-order valence-electron chi connectivity index (χ4n) is 2.93. The number of halogens is 1. The number of hydrogen-bond donors (Lipinski definition) is 2. The van der Waals surface area contributed by atoms with E-state index in [-0.39, 0.29) is 0 Å². The molecule has 2 nitrogen and oxygen atoms in total. The van der Waals surface area contributed by atoms with Crippen LogP contribution in [0.25, 0.3) is 10.9 Å². The van der Waals surface area contributed by atoms with Crippen LogP contribution in [0.1, 0.15) is 31.2 Å². The molecule has 1 fully saturated rings. The maximum atomic E-state index is 5.98. The summed E-state index contributed by atoms with van der Waals surface area (Å²) in [5, 5.41) is 5.65. The van der Waals surface area contributed by atoms with E-state index in [4.69, 9.17) is 11.6 Å². The molecule has 1 aliphatic carbocycles. The van der Waals surface area contributed by atoms with Gasteiger partial charge >= 0.3 is 0 Å². The molecule has 0 bridgehead atoms. The average Bonchev–Trinajstić information content (AvgIpc) is 2.99. The molecular formula is C15H19ClN2. The number of nitrogens with one attached hydrogen (secondary N) is 2. The number of fused-ring (bicyclic) bond motifs is 1. The lowest BCUT2D eigenvalue weighted by Crippen LogP contribution is -2.20. The molecule has 2 aromatic rings. The molecule has 2 N–H and O–H groups in total. The van der Waals surface area contributed by atoms with Crippen LogP contribution in [-0.2, 0) is 6.54 Å². The number of hydrogen-bond acceptors (Lipinski definition) is 1.